The molecule has 0 radical (unpaired) electrons. The summed E-state index contributed by atoms with van der Waals surface area (Å²) in [5.74, 6) is 0.396. The van der Waals surface area contributed by atoms with Gasteiger partial charge in [0.15, 0.2) is 4.34 Å². The predicted molar refractivity (Wildman–Crippen MR) is 93.3 cm³/mol. The van der Waals surface area contributed by atoms with E-state index in [1.807, 2.05) is 10.3 Å². The van der Waals surface area contributed by atoms with Crippen molar-refractivity contribution in [2.75, 3.05) is 18.8 Å². The van der Waals surface area contributed by atoms with Crippen LogP contribution in [-0.4, -0.2) is 34.6 Å². The third kappa shape index (κ3) is 4.54. The van der Waals surface area contributed by atoms with Crippen molar-refractivity contribution >= 4 is 29.0 Å². The molecule has 0 unspecified atom stereocenters. The van der Waals surface area contributed by atoms with Crippen molar-refractivity contribution in [1.29, 1.82) is 0 Å². The summed E-state index contributed by atoms with van der Waals surface area (Å²) < 4.78 is 13.8. The summed E-state index contributed by atoms with van der Waals surface area (Å²) in [6.07, 6.45) is 4.68. The van der Waals surface area contributed by atoms with Gasteiger partial charge in [-0.25, -0.2) is 9.37 Å². The highest BCUT2D eigenvalue weighted by Gasteiger charge is 2.16. The fourth-order valence-electron chi connectivity index (χ4n) is 2.61. The van der Waals surface area contributed by atoms with Gasteiger partial charge in [-0.05, 0) is 37.1 Å². The number of amides is 1. The van der Waals surface area contributed by atoms with Crippen molar-refractivity contribution < 1.29 is 9.18 Å². The zero-order valence-corrected chi connectivity index (χ0v) is 14.5. The van der Waals surface area contributed by atoms with E-state index in [1.165, 1.54) is 48.1 Å². The van der Waals surface area contributed by atoms with Crippen LogP contribution in [0.4, 0.5) is 4.39 Å². The highest BCUT2D eigenvalue weighted by Crippen LogP contribution is 2.28. The Labute approximate surface area is 143 Å². The van der Waals surface area contributed by atoms with E-state index in [4.69, 9.17) is 0 Å². The van der Waals surface area contributed by atoms with Gasteiger partial charge in [-0.15, -0.1) is 11.3 Å². The van der Waals surface area contributed by atoms with Crippen LogP contribution in [0.5, 0.6) is 0 Å². The Morgan fingerprint density at radius 2 is 1.87 bits per heavy atom. The lowest BCUT2D eigenvalue weighted by Crippen LogP contribution is -2.33. The van der Waals surface area contributed by atoms with Crippen LogP contribution in [0.15, 0.2) is 34.0 Å². The number of nitrogens with zero attached hydrogens (tertiary/aromatic N) is 2. The Morgan fingerprint density at radius 1 is 1.17 bits per heavy atom. The first-order valence-electron chi connectivity index (χ1n) is 7.84. The van der Waals surface area contributed by atoms with Crippen LogP contribution >= 0.6 is 23.1 Å². The molecule has 23 heavy (non-hydrogen) atoms. The largest absolute Gasteiger partial charge is 0.342 e. The van der Waals surface area contributed by atoms with Crippen molar-refractivity contribution in [2.45, 2.75) is 30.0 Å². The van der Waals surface area contributed by atoms with Gasteiger partial charge in [0.25, 0.3) is 0 Å². The maximum absolute atomic E-state index is 13.0. The molecule has 1 fully saturated rings. The Balaban J connectivity index is 1.56. The molecule has 3 nitrogen and oxygen atoms in total. The van der Waals surface area contributed by atoms with Crippen molar-refractivity contribution in [3.05, 3.63) is 35.5 Å². The first-order valence-corrected chi connectivity index (χ1v) is 9.71. The first-order chi connectivity index (χ1) is 11.2. The molecular weight excluding hydrogens is 331 g/mol. The van der Waals surface area contributed by atoms with Crippen molar-refractivity contribution in [3.63, 3.8) is 0 Å². The lowest BCUT2D eigenvalue weighted by atomic mass is 10.2. The Hall–Kier alpha value is -1.40. The van der Waals surface area contributed by atoms with Gasteiger partial charge in [0.2, 0.25) is 5.91 Å². The van der Waals surface area contributed by atoms with Crippen molar-refractivity contribution in [2.24, 2.45) is 0 Å². The standard InChI is InChI=1S/C17H19FN2OS2/c18-14-7-5-13(6-8-14)15-11-22-17(19-15)23-12-16(21)20-9-3-1-2-4-10-20/h5-8,11H,1-4,9-10,12H2. The second-order valence-electron chi connectivity index (χ2n) is 5.59. The minimum atomic E-state index is -0.248. The van der Waals surface area contributed by atoms with Gasteiger partial charge in [0.1, 0.15) is 5.82 Å². The summed E-state index contributed by atoms with van der Waals surface area (Å²) in [5, 5.41) is 1.95. The highest BCUT2D eigenvalue weighted by molar-refractivity contribution is 8.01. The van der Waals surface area contributed by atoms with Gasteiger partial charge in [0, 0.05) is 24.0 Å². The Kier molecular flexibility index (Phi) is 5.67. The topological polar surface area (TPSA) is 33.2 Å². The van der Waals surface area contributed by atoms with E-state index >= 15 is 0 Å². The first kappa shape index (κ1) is 16.5. The summed E-state index contributed by atoms with van der Waals surface area (Å²) in [7, 11) is 0. The SMILES string of the molecule is O=C(CSc1nc(-c2ccc(F)cc2)cs1)N1CCCCCC1. The highest BCUT2D eigenvalue weighted by atomic mass is 32.2. The molecular formula is C17H19FN2OS2. The van der Waals surface area contributed by atoms with Crippen molar-refractivity contribution in [3.8, 4) is 11.3 Å². The molecule has 1 aliphatic rings. The smallest absolute Gasteiger partial charge is 0.233 e. The second-order valence-corrected chi connectivity index (χ2v) is 7.67. The molecule has 0 saturated carbocycles. The van der Waals surface area contributed by atoms with E-state index in [9.17, 15) is 9.18 Å². The maximum Gasteiger partial charge on any atom is 0.233 e. The quantitative estimate of drug-likeness (QED) is 0.764. The molecule has 6 heteroatoms. The van der Waals surface area contributed by atoms with Crippen LogP contribution in [0, 0.1) is 5.82 Å². The number of thioether (sulfide) groups is 1. The van der Waals surface area contributed by atoms with Crippen molar-refractivity contribution in [1.82, 2.24) is 9.88 Å². The zero-order valence-electron chi connectivity index (χ0n) is 12.8. The van der Waals surface area contributed by atoms with E-state index in [0.29, 0.717) is 5.75 Å². The molecule has 0 spiro atoms. The average Bonchev–Trinajstić information content (AvgIpc) is 2.86. The number of hydrogen-bond acceptors (Lipinski definition) is 4. The van der Waals surface area contributed by atoms with Gasteiger partial charge < -0.3 is 4.90 Å². The Morgan fingerprint density at radius 3 is 2.57 bits per heavy atom. The monoisotopic (exact) mass is 350 g/mol. The molecule has 0 N–H and O–H groups in total. The summed E-state index contributed by atoms with van der Waals surface area (Å²) in [6, 6.07) is 6.32. The third-order valence-corrected chi connectivity index (χ3v) is 5.91. The van der Waals surface area contributed by atoms with Gasteiger partial charge in [-0.1, -0.05) is 24.6 Å². The van der Waals surface area contributed by atoms with Gasteiger partial charge >= 0.3 is 0 Å². The molecule has 0 aliphatic carbocycles. The van der Waals surface area contributed by atoms with Crippen LogP contribution in [-0.2, 0) is 4.79 Å². The lowest BCUT2D eigenvalue weighted by Gasteiger charge is -2.19. The number of hydrogen-bond donors (Lipinski definition) is 0. The summed E-state index contributed by atoms with van der Waals surface area (Å²) in [6.45, 7) is 1.77. The van der Waals surface area contributed by atoms with Gasteiger partial charge in [-0.3, -0.25) is 4.79 Å². The predicted octanol–water partition coefficient (Wildman–Crippen LogP) is 4.44. The molecule has 1 saturated heterocycles. The summed E-state index contributed by atoms with van der Waals surface area (Å²) in [5.41, 5.74) is 1.73. The van der Waals surface area contributed by atoms with E-state index in [1.54, 1.807) is 12.1 Å². The fraction of sp³-hybridized carbons (Fsp3) is 0.412. The number of carbonyl (C=O) groups is 1. The molecule has 1 aromatic heterocycles. The maximum atomic E-state index is 13.0. The zero-order chi connectivity index (χ0) is 16.1. The fourth-order valence-corrected chi connectivity index (χ4v) is 4.35. The molecule has 2 aromatic rings. The second kappa shape index (κ2) is 7.93. The molecule has 0 atom stereocenters. The van der Waals surface area contributed by atoms with Gasteiger partial charge in [0.05, 0.1) is 11.4 Å². The van der Waals surface area contributed by atoms with Crippen LogP contribution in [0.25, 0.3) is 11.3 Å². The molecule has 1 amide bonds. The number of thiazole rings is 1. The van der Waals surface area contributed by atoms with E-state index in [2.05, 4.69) is 4.98 Å². The average molecular weight is 350 g/mol. The molecule has 0 bridgehead atoms. The lowest BCUT2D eigenvalue weighted by molar-refractivity contribution is -0.128. The van der Waals surface area contributed by atoms with Gasteiger partial charge in [-0.2, -0.15) is 0 Å². The number of benzene rings is 1. The number of halogens is 1. The number of likely N-dealkylation sites (tertiary alicyclic amines) is 1. The minimum absolute atomic E-state index is 0.204. The molecule has 1 aliphatic heterocycles. The van der Waals surface area contributed by atoms with Crippen LogP contribution < -0.4 is 0 Å². The van der Waals surface area contributed by atoms with E-state index in [-0.39, 0.29) is 11.7 Å². The number of rotatable bonds is 4. The number of carbonyl (C=O) groups excluding carboxylic acids is 1. The third-order valence-electron chi connectivity index (χ3n) is 3.90. The van der Waals surface area contributed by atoms with Crippen LogP contribution in [0.3, 0.4) is 0 Å². The minimum Gasteiger partial charge on any atom is -0.342 e. The summed E-state index contributed by atoms with van der Waals surface area (Å²) >= 11 is 3.02. The number of aromatic nitrogens is 1. The normalized spacial score (nSPS) is 15.4. The molecule has 2 heterocycles. The molecule has 3 rings (SSSR count). The van der Waals surface area contributed by atoms with E-state index in [0.717, 1.165) is 41.5 Å². The molecule has 1 aromatic carbocycles. The van der Waals surface area contributed by atoms with Crippen LogP contribution in [0.1, 0.15) is 25.7 Å². The Bertz CT molecular complexity index is 649. The summed E-state index contributed by atoms with van der Waals surface area (Å²) in [4.78, 5) is 18.8. The van der Waals surface area contributed by atoms with Crippen LogP contribution in [0.2, 0.25) is 0 Å². The van der Waals surface area contributed by atoms with E-state index < -0.39 is 0 Å². The molecule has 122 valence electrons.